The molecule has 0 aliphatic carbocycles. The highest BCUT2D eigenvalue weighted by molar-refractivity contribution is 9.10. The summed E-state index contributed by atoms with van der Waals surface area (Å²) in [5.41, 5.74) is 0.449. The van der Waals surface area contributed by atoms with Gasteiger partial charge in [0.2, 0.25) is 0 Å². The Morgan fingerprint density at radius 3 is 2.61 bits per heavy atom. The van der Waals surface area contributed by atoms with Crippen molar-refractivity contribution in [2.45, 2.75) is 6.67 Å². The minimum Gasteiger partial charge on any atom is -0.456 e. The maximum Gasteiger partial charge on any atom is 0.146 e. The van der Waals surface area contributed by atoms with Crippen LogP contribution in [0.5, 0.6) is 11.5 Å². The van der Waals surface area contributed by atoms with Crippen LogP contribution in [-0.4, -0.2) is 0 Å². The molecule has 0 heterocycles. The van der Waals surface area contributed by atoms with Gasteiger partial charge < -0.3 is 4.74 Å². The highest BCUT2D eigenvalue weighted by Crippen LogP contribution is 2.32. The summed E-state index contributed by atoms with van der Waals surface area (Å²) in [7, 11) is 0. The van der Waals surface area contributed by atoms with Crippen LogP contribution in [0.2, 0.25) is 5.02 Å². The molecule has 1 nitrogen and oxygen atoms in total. The Kier molecular flexibility index (Phi) is 4.19. The zero-order valence-corrected chi connectivity index (χ0v) is 11.4. The number of benzene rings is 2. The van der Waals surface area contributed by atoms with Crippen LogP contribution >= 0.6 is 27.5 Å². The van der Waals surface area contributed by atoms with Gasteiger partial charge in [-0.2, -0.15) is 0 Å². The second kappa shape index (κ2) is 5.67. The summed E-state index contributed by atoms with van der Waals surface area (Å²) in [6, 6.07) is 8.73. The largest absolute Gasteiger partial charge is 0.456 e. The van der Waals surface area contributed by atoms with Crippen LogP contribution in [-0.2, 0) is 6.67 Å². The number of hydrogen-bond donors (Lipinski definition) is 0. The zero-order chi connectivity index (χ0) is 13.1. The molecule has 5 heteroatoms. The van der Waals surface area contributed by atoms with Crippen molar-refractivity contribution in [3.05, 3.63) is 57.3 Å². The first kappa shape index (κ1) is 13.3. The molecule has 0 saturated heterocycles. The summed E-state index contributed by atoms with van der Waals surface area (Å²) in [5, 5.41) is 0.340. The van der Waals surface area contributed by atoms with Gasteiger partial charge in [-0.1, -0.05) is 33.6 Å². The summed E-state index contributed by atoms with van der Waals surface area (Å²) in [4.78, 5) is 0. The first-order valence-electron chi connectivity index (χ1n) is 5.07. The molecule has 18 heavy (non-hydrogen) atoms. The predicted octanol–water partition coefficient (Wildman–Crippen LogP) is 5.50. The molecule has 0 amide bonds. The van der Waals surface area contributed by atoms with Gasteiger partial charge in [0.15, 0.2) is 0 Å². The van der Waals surface area contributed by atoms with E-state index in [1.807, 2.05) is 0 Å². The third-order valence-electron chi connectivity index (χ3n) is 2.21. The van der Waals surface area contributed by atoms with Crippen molar-refractivity contribution in [1.82, 2.24) is 0 Å². The Bertz CT molecular complexity index is 555. The Morgan fingerprint density at radius 2 is 1.94 bits per heavy atom. The molecular weight excluding hydrogens is 325 g/mol. The Hall–Kier alpha value is -1.13. The lowest BCUT2D eigenvalue weighted by Crippen LogP contribution is -1.89. The van der Waals surface area contributed by atoms with E-state index in [-0.39, 0.29) is 0 Å². The molecule has 2 rings (SSSR count). The fourth-order valence-electron chi connectivity index (χ4n) is 1.42. The number of alkyl halides is 1. The van der Waals surface area contributed by atoms with Gasteiger partial charge in [-0.05, 0) is 29.8 Å². The highest BCUT2D eigenvalue weighted by Gasteiger charge is 2.07. The minimum absolute atomic E-state index is 0.291. The van der Waals surface area contributed by atoms with Crippen LogP contribution < -0.4 is 4.74 Å². The van der Waals surface area contributed by atoms with Crippen LogP contribution in [0, 0.1) is 5.82 Å². The van der Waals surface area contributed by atoms with Crippen LogP contribution in [0.15, 0.2) is 40.9 Å². The van der Waals surface area contributed by atoms with Crippen molar-refractivity contribution < 1.29 is 13.5 Å². The summed E-state index contributed by atoms with van der Waals surface area (Å²) in [6.45, 7) is -0.611. The van der Waals surface area contributed by atoms with E-state index in [0.717, 1.165) is 0 Å². The topological polar surface area (TPSA) is 9.23 Å². The van der Waals surface area contributed by atoms with E-state index in [2.05, 4.69) is 15.9 Å². The molecule has 94 valence electrons. The van der Waals surface area contributed by atoms with Crippen molar-refractivity contribution in [2.24, 2.45) is 0 Å². The van der Waals surface area contributed by atoms with Gasteiger partial charge in [0.25, 0.3) is 0 Å². The van der Waals surface area contributed by atoms with Crippen LogP contribution in [0.4, 0.5) is 8.78 Å². The fourth-order valence-corrected chi connectivity index (χ4v) is 2.02. The van der Waals surface area contributed by atoms with Crippen molar-refractivity contribution in [3.63, 3.8) is 0 Å². The summed E-state index contributed by atoms with van der Waals surface area (Å²) >= 11 is 9.09. The van der Waals surface area contributed by atoms with Gasteiger partial charge in [-0.25, -0.2) is 8.78 Å². The van der Waals surface area contributed by atoms with Crippen molar-refractivity contribution in [3.8, 4) is 11.5 Å². The molecule has 0 N–H and O–H groups in total. The molecule has 0 unspecified atom stereocenters. The molecular formula is C13H8BrClF2O. The quantitative estimate of drug-likeness (QED) is 0.720. The van der Waals surface area contributed by atoms with Crippen molar-refractivity contribution in [1.29, 1.82) is 0 Å². The Morgan fingerprint density at radius 1 is 1.17 bits per heavy atom. The maximum atomic E-state index is 13.2. The number of halogens is 4. The average Bonchev–Trinajstić information content (AvgIpc) is 2.30. The van der Waals surface area contributed by atoms with Gasteiger partial charge >= 0.3 is 0 Å². The number of rotatable bonds is 3. The molecule has 0 aromatic heterocycles. The smallest absolute Gasteiger partial charge is 0.146 e. The first-order valence-corrected chi connectivity index (χ1v) is 6.24. The molecule has 0 fully saturated rings. The molecule has 0 spiro atoms. The lowest BCUT2D eigenvalue weighted by molar-refractivity contribution is 0.465. The highest BCUT2D eigenvalue weighted by atomic mass is 79.9. The zero-order valence-electron chi connectivity index (χ0n) is 9.09. The molecule has 0 aliphatic heterocycles. The third kappa shape index (κ3) is 3.21. The molecule has 0 atom stereocenters. The van der Waals surface area contributed by atoms with Crippen LogP contribution in [0.1, 0.15) is 5.56 Å². The van der Waals surface area contributed by atoms with Gasteiger partial charge in [0.05, 0.1) is 5.02 Å². The summed E-state index contributed by atoms with van der Waals surface area (Å²) in [5.74, 6) is 0.154. The van der Waals surface area contributed by atoms with Gasteiger partial charge in [0.1, 0.15) is 24.0 Å². The summed E-state index contributed by atoms with van der Waals surface area (Å²) < 4.78 is 31.7. The third-order valence-corrected chi connectivity index (χ3v) is 2.98. The Balaban J connectivity index is 2.33. The van der Waals surface area contributed by atoms with E-state index < -0.39 is 12.5 Å². The van der Waals surface area contributed by atoms with Gasteiger partial charge in [0, 0.05) is 10.5 Å². The average molecular weight is 334 g/mol. The van der Waals surface area contributed by atoms with Crippen molar-refractivity contribution in [2.75, 3.05) is 0 Å². The van der Waals surface area contributed by atoms with Gasteiger partial charge in [-0.15, -0.1) is 0 Å². The molecule has 0 radical (unpaired) electrons. The monoisotopic (exact) mass is 332 g/mol. The van der Waals surface area contributed by atoms with Crippen molar-refractivity contribution >= 4 is 27.5 Å². The molecule has 0 aliphatic rings. The van der Waals surface area contributed by atoms with E-state index in [1.165, 1.54) is 18.2 Å². The fraction of sp³-hybridized carbons (Fsp3) is 0.0769. The van der Waals surface area contributed by atoms with E-state index in [1.54, 1.807) is 18.2 Å². The summed E-state index contributed by atoms with van der Waals surface area (Å²) in [6.07, 6.45) is 0. The molecule has 0 bridgehead atoms. The van der Waals surface area contributed by atoms with Crippen LogP contribution in [0.25, 0.3) is 0 Å². The van der Waals surface area contributed by atoms with Crippen LogP contribution in [0.3, 0.4) is 0 Å². The molecule has 2 aromatic rings. The van der Waals surface area contributed by atoms with E-state index in [9.17, 15) is 8.78 Å². The number of hydrogen-bond acceptors (Lipinski definition) is 1. The standard InChI is InChI=1S/C13H8BrClF2O/c14-9-4-10(17)6-11(5-9)18-13-3-8(7-16)1-2-12(13)15/h1-6H,7H2. The van der Waals surface area contributed by atoms with E-state index >= 15 is 0 Å². The maximum absolute atomic E-state index is 13.2. The second-order valence-electron chi connectivity index (χ2n) is 3.61. The predicted molar refractivity (Wildman–Crippen MR) is 70.4 cm³/mol. The first-order chi connectivity index (χ1) is 8.58. The second-order valence-corrected chi connectivity index (χ2v) is 4.93. The van der Waals surface area contributed by atoms with E-state index in [4.69, 9.17) is 16.3 Å². The lowest BCUT2D eigenvalue weighted by Gasteiger charge is -2.09. The SMILES string of the molecule is FCc1ccc(Cl)c(Oc2cc(F)cc(Br)c2)c1. The Labute approximate surface area is 116 Å². The molecule has 2 aromatic carbocycles. The number of ether oxygens (including phenoxy) is 1. The lowest BCUT2D eigenvalue weighted by atomic mass is 10.2. The normalized spacial score (nSPS) is 10.4. The molecule has 0 saturated carbocycles. The van der Waals surface area contributed by atoms with Gasteiger partial charge in [-0.3, -0.25) is 0 Å². The minimum atomic E-state index is -0.611. The van der Waals surface area contributed by atoms with E-state index in [0.29, 0.717) is 26.6 Å².